The molecule has 2 aromatic rings. The summed E-state index contributed by atoms with van der Waals surface area (Å²) in [6.45, 7) is 3.11. The lowest BCUT2D eigenvalue weighted by Gasteiger charge is -2.12. The fourth-order valence-electron chi connectivity index (χ4n) is 1.96. The number of hydrogen-bond acceptors (Lipinski definition) is 3. The van der Waals surface area contributed by atoms with Gasteiger partial charge in [-0.3, -0.25) is 0 Å². The third kappa shape index (κ3) is 6.52. The van der Waals surface area contributed by atoms with Crippen molar-refractivity contribution in [1.29, 1.82) is 0 Å². The van der Waals surface area contributed by atoms with Gasteiger partial charge >= 0.3 is 0 Å². The molecule has 0 amide bonds. The molecule has 0 heterocycles. The van der Waals surface area contributed by atoms with Crippen LogP contribution in [0.25, 0.3) is 0 Å². The van der Waals surface area contributed by atoms with Crippen molar-refractivity contribution in [3.8, 4) is 17.2 Å². The molecule has 0 aliphatic rings. The Bertz CT molecular complexity index is 703. The number of ether oxygens (including phenoxy) is 3. The quantitative estimate of drug-likeness (QED) is 0.476. The number of hydrogen-bond donors (Lipinski definition) is 0. The molecule has 0 radical (unpaired) electrons. The zero-order valence-corrected chi connectivity index (χ0v) is 16.4. The van der Waals surface area contributed by atoms with Gasteiger partial charge in [0, 0.05) is 12.1 Å². The van der Waals surface area contributed by atoms with Gasteiger partial charge in [-0.05, 0) is 30.7 Å². The lowest BCUT2D eigenvalue weighted by atomic mass is 10.2. The lowest BCUT2D eigenvalue weighted by molar-refractivity contribution is 0.304. The average molecular weight is 422 g/mol. The predicted molar refractivity (Wildman–Crippen MR) is 104 cm³/mol. The van der Waals surface area contributed by atoms with Gasteiger partial charge in [0.2, 0.25) is 0 Å². The summed E-state index contributed by atoms with van der Waals surface area (Å²) in [5, 5.41) is 0.712. The molecule has 0 fully saturated rings. The van der Waals surface area contributed by atoms with Gasteiger partial charge in [0.1, 0.15) is 29.2 Å². The molecule has 3 nitrogen and oxygen atoms in total. The first kappa shape index (κ1) is 20.1. The van der Waals surface area contributed by atoms with E-state index in [1.165, 1.54) is 6.08 Å². The Morgan fingerprint density at radius 3 is 2.12 bits per heavy atom. The number of rotatable bonds is 8. The topological polar surface area (TPSA) is 27.7 Å². The van der Waals surface area contributed by atoms with Gasteiger partial charge in [-0.15, -0.1) is 0 Å². The summed E-state index contributed by atoms with van der Waals surface area (Å²) in [7, 11) is 0. The van der Waals surface area contributed by atoms with E-state index in [9.17, 15) is 0 Å². The molecule has 0 aliphatic carbocycles. The highest BCUT2D eigenvalue weighted by atomic mass is 35.5. The van der Waals surface area contributed by atoms with Crippen LogP contribution >= 0.6 is 46.4 Å². The van der Waals surface area contributed by atoms with E-state index in [0.717, 1.165) is 11.3 Å². The monoisotopic (exact) mass is 420 g/mol. The smallest absolute Gasteiger partial charge is 0.157 e. The van der Waals surface area contributed by atoms with Crippen LogP contribution in [-0.4, -0.2) is 13.2 Å². The van der Waals surface area contributed by atoms with Crippen molar-refractivity contribution in [1.82, 2.24) is 0 Å². The highest BCUT2D eigenvalue weighted by Gasteiger charge is 2.11. The summed E-state index contributed by atoms with van der Waals surface area (Å²) in [6.07, 6.45) is 1.52. The molecular weight excluding hydrogens is 406 g/mol. The van der Waals surface area contributed by atoms with Crippen LogP contribution in [0.15, 0.2) is 47.0 Å². The van der Waals surface area contributed by atoms with Crippen LogP contribution in [0.5, 0.6) is 17.2 Å². The second-order valence-corrected chi connectivity index (χ2v) is 6.71. The maximum Gasteiger partial charge on any atom is 0.157 e. The van der Waals surface area contributed by atoms with Crippen LogP contribution in [0.1, 0.15) is 12.5 Å². The molecule has 0 saturated carbocycles. The molecule has 7 heteroatoms. The van der Waals surface area contributed by atoms with E-state index < -0.39 is 0 Å². The minimum Gasteiger partial charge on any atom is -0.494 e. The van der Waals surface area contributed by atoms with Gasteiger partial charge in [0.05, 0.1) is 16.7 Å². The average Bonchev–Trinajstić information content (AvgIpc) is 2.55. The van der Waals surface area contributed by atoms with E-state index in [1.54, 1.807) is 12.1 Å². The van der Waals surface area contributed by atoms with Gasteiger partial charge in [-0.25, -0.2) is 0 Å². The van der Waals surface area contributed by atoms with Gasteiger partial charge < -0.3 is 14.2 Å². The molecule has 0 N–H and O–H groups in total. The Labute approximate surface area is 167 Å². The van der Waals surface area contributed by atoms with Gasteiger partial charge in [0.15, 0.2) is 5.75 Å². The van der Waals surface area contributed by atoms with Crippen molar-refractivity contribution < 1.29 is 14.2 Å². The van der Waals surface area contributed by atoms with E-state index in [2.05, 4.69) is 0 Å². The Hall–Kier alpha value is -1.26. The van der Waals surface area contributed by atoms with Gasteiger partial charge in [-0.1, -0.05) is 58.5 Å². The maximum absolute atomic E-state index is 6.23. The zero-order chi connectivity index (χ0) is 18.2. The highest BCUT2D eigenvalue weighted by Crippen LogP contribution is 2.37. The van der Waals surface area contributed by atoms with E-state index >= 15 is 0 Å². The molecule has 0 aromatic heterocycles. The Morgan fingerprint density at radius 2 is 1.56 bits per heavy atom. The van der Waals surface area contributed by atoms with E-state index in [4.69, 9.17) is 60.6 Å². The summed E-state index contributed by atoms with van der Waals surface area (Å²) >= 11 is 23.5. The Kier molecular flexibility index (Phi) is 8.04. The minimum atomic E-state index is 0.132. The highest BCUT2D eigenvalue weighted by molar-refractivity contribution is 6.55. The third-order valence-electron chi connectivity index (χ3n) is 3.08. The molecule has 0 saturated heterocycles. The van der Waals surface area contributed by atoms with Crippen molar-refractivity contribution in [3.63, 3.8) is 0 Å². The first-order valence-corrected chi connectivity index (χ1v) is 8.98. The SMILES string of the molecule is CCOc1ccc(COc2c(Cl)cc(OCC=C(Cl)Cl)cc2Cl)cc1. The second-order valence-electron chi connectivity index (χ2n) is 4.89. The molecule has 0 aliphatic heterocycles. The summed E-state index contributed by atoms with van der Waals surface area (Å²) < 4.78 is 16.7. The molecule has 0 bridgehead atoms. The van der Waals surface area contributed by atoms with E-state index in [1.807, 2.05) is 31.2 Å². The fourth-order valence-corrected chi connectivity index (χ4v) is 2.66. The lowest BCUT2D eigenvalue weighted by Crippen LogP contribution is -1.99. The van der Waals surface area contributed by atoms with Crippen LogP contribution in [0.2, 0.25) is 10.0 Å². The fraction of sp³-hybridized carbons (Fsp3) is 0.222. The van der Waals surface area contributed by atoms with Crippen molar-refractivity contribution in [3.05, 3.63) is 62.6 Å². The summed E-state index contributed by atoms with van der Waals surface area (Å²) in [5.41, 5.74) is 0.970. The molecule has 0 unspecified atom stereocenters. The predicted octanol–water partition coefficient (Wildman–Crippen LogP) is 6.67. The van der Waals surface area contributed by atoms with Crippen molar-refractivity contribution >= 4 is 46.4 Å². The molecule has 134 valence electrons. The summed E-state index contributed by atoms with van der Waals surface area (Å²) in [5.74, 6) is 1.71. The van der Waals surface area contributed by atoms with Crippen molar-refractivity contribution in [2.75, 3.05) is 13.2 Å². The van der Waals surface area contributed by atoms with Crippen LogP contribution < -0.4 is 14.2 Å². The number of halogens is 4. The minimum absolute atomic E-state index is 0.132. The molecule has 2 rings (SSSR count). The maximum atomic E-state index is 6.23. The normalized spacial score (nSPS) is 10.3. The molecule has 2 aromatic carbocycles. The zero-order valence-electron chi connectivity index (χ0n) is 13.4. The third-order valence-corrected chi connectivity index (χ3v) is 3.95. The van der Waals surface area contributed by atoms with Crippen molar-refractivity contribution in [2.24, 2.45) is 0 Å². The van der Waals surface area contributed by atoms with Gasteiger partial charge in [-0.2, -0.15) is 0 Å². The van der Waals surface area contributed by atoms with Crippen LogP contribution in [0, 0.1) is 0 Å². The first-order valence-electron chi connectivity index (χ1n) is 7.47. The summed E-state index contributed by atoms with van der Waals surface area (Å²) in [4.78, 5) is 0. The number of benzene rings is 2. The van der Waals surface area contributed by atoms with Crippen molar-refractivity contribution in [2.45, 2.75) is 13.5 Å². The molecule has 25 heavy (non-hydrogen) atoms. The summed E-state index contributed by atoms with van der Waals surface area (Å²) in [6, 6.07) is 10.9. The Morgan fingerprint density at radius 1 is 0.920 bits per heavy atom. The van der Waals surface area contributed by atoms with Crippen LogP contribution in [-0.2, 0) is 6.61 Å². The second kappa shape index (κ2) is 10.0. The Balaban J connectivity index is 2.00. The van der Waals surface area contributed by atoms with Crippen LogP contribution in [0.3, 0.4) is 0 Å². The molecular formula is C18H16Cl4O3. The molecule has 0 atom stereocenters. The van der Waals surface area contributed by atoms with Gasteiger partial charge in [0.25, 0.3) is 0 Å². The first-order chi connectivity index (χ1) is 12.0. The van der Waals surface area contributed by atoms with E-state index in [0.29, 0.717) is 34.8 Å². The van der Waals surface area contributed by atoms with E-state index in [-0.39, 0.29) is 11.1 Å². The standard InChI is InChI=1S/C18H16Cl4O3/c1-2-23-13-5-3-12(4-6-13)11-25-18-15(19)9-14(10-16(18)20)24-8-7-17(21)22/h3-7,9-10H,2,8,11H2,1H3. The van der Waals surface area contributed by atoms with Crippen LogP contribution in [0.4, 0.5) is 0 Å². The largest absolute Gasteiger partial charge is 0.494 e. The molecule has 0 spiro atoms.